The normalized spacial score (nSPS) is 19.5. The van der Waals surface area contributed by atoms with Crippen molar-refractivity contribution in [2.24, 2.45) is 0 Å². The summed E-state index contributed by atoms with van der Waals surface area (Å²) >= 11 is 0. The molecule has 3 aromatic rings. The predicted molar refractivity (Wildman–Crippen MR) is 84.1 cm³/mol. The Morgan fingerprint density at radius 3 is 2.80 bits per heavy atom. The minimum atomic E-state index is -3.01. The zero-order valence-electron chi connectivity index (χ0n) is 13.3. The Morgan fingerprint density at radius 1 is 1.24 bits per heavy atom. The smallest absolute Gasteiger partial charge is 0.273 e. The van der Waals surface area contributed by atoms with Gasteiger partial charge in [-0.3, -0.25) is 4.79 Å². The van der Waals surface area contributed by atoms with E-state index < -0.39 is 30.8 Å². The van der Waals surface area contributed by atoms with Crippen LogP contribution in [-0.2, 0) is 0 Å². The summed E-state index contributed by atoms with van der Waals surface area (Å²) in [5.41, 5.74) is 0.738. The number of rotatable bonds is 2. The zero-order valence-corrected chi connectivity index (χ0v) is 13.3. The van der Waals surface area contributed by atoms with Crippen LogP contribution in [0.2, 0.25) is 0 Å². The van der Waals surface area contributed by atoms with Crippen molar-refractivity contribution >= 4 is 16.8 Å². The molecule has 0 spiro atoms. The molecule has 1 atom stereocenters. The summed E-state index contributed by atoms with van der Waals surface area (Å²) in [5, 5.41) is 8.35. The van der Waals surface area contributed by atoms with Gasteiger partial charge in [-0.2, -0.15) is 0 Å². The van der Waals surface area contributed by atoms with Gasteiger partial charge in [0, 0.05) is 18.7 Å². The highest BCUT2D eigenvalue weighted by atomic mass is 19.3. The maximum atomic E-state index is 14.0. The van der Waals surface area contributed by atoms with Crippen LogP contribution in [0.5, 0.6) is 0 Å². The molecule has 1 aliphatic rings. The number of aryl methyl sites for hydroxylation is 1. The number of benzene rings is 1. The molecule has 1 fully saturated rings. The highest BCUT2D eigenvalue weighted by Gasteiger charge is 2.50. The highest BCUT2D eigenvalue weighted by Crippen LogP contribution is 2.41. The van der Waals surface area contributed by atoms with Crippen LogP contribution < -0.4 is 0 Å². The average molecular weight is 344 g/mol. The average Bonchev–Trinajstić information content (AvgIpc) is 3.16. The number of carbonyl (C=O) groups excluding carboxylic acids is 1. The van der Waals surface area contributed by atoms with Crippen molar-refractivity contribution in [1.29, 1.82) is 0 Å². The van der Waals surface area contributed by atoms with Gasteiger partial charge >= 0.3 is 0 Å². The van der Waals surface area contributed by atoms with Crippen LogP contribution in [0.3, 0.4) is 0 Å². The van der Waals surface area contributed by atoms with Crippen molar-refractivity contribution in [3.8, 4) is 0 Å². The van der Waals surface area contributed by atoms with E-state index in [9.17, 15) is 13.6 Å². The molecule has 0 aliphatic carbocycles. The van der Waals surface area contributed by atoms with E-state index in [4.69, 9.17) is 4.42 Å². The SMILES string of the molecule is Cc1nnc([C@@H]2CC(F)(F)CN2C(=O)c2ccc3ccccc3n2)o1. The fourth-order valence-electron chi connectivity index (χ4n) is 3.03. The zero-order chi connectivity index (χ0) is 17.6. The number of hydrogen-bond acceptors (Lipinski definition) is 5. The lowest BCUT2D eigenvalue weighted by Gasteiger charge is -2.21. The lowest BCUT2D eigenvalue weighted by atomic mass is 10.1. The van der Waals surface area contributed by atoms with Crippen LogP contribution in [0, 0.1) is 6.92 Å². The maximum Gasteiger partial charge on any atom is 0.273 e. The summed E-state index contributed by atoms with van der Waals surface area (Å²) in [6.45, 7) is 0.868. The van der Waals surface area contributed by atoms with Gasteiger partial charge in [-0.05, 0) is 12.1 Å². The summed E-state index contributed by atoms with van der Waals surface area (Å²) in [5.74, 6) is -3.31. The number of fused-ring (bicyclic) bond motifs is 1. The van der Waals surface area contributed by atoms with E-state index in [0.717, 1.165) is 10.3 Å². The van der Waals surface area contributed by atoms with Crippen LogP contribution in [0.25, 0.3) is 10.9 Å². The number of likely N-dealkylation sites (tertiary alicyclic amines) is 1. The number of pyridine rings is 1. The number of nitrogens with zero attached hydrogens (tertiary/aromatic N) is 4. The molecule has 0 N–H and O–H groups in total. The first-order chi connectivity index (χ1) is 11.9. The first kappa shape index (κ1) is 15.6. The summed E-state index contributed by atoms with van der Waals surface area (Å²) < 4.78 is 33.2. The Morgan fingerprint density at radius 2 is 2.04 bits per heavy atom. The molecular weight excluding hydrogens is 330 g/mol. The minimum absolute atomic E-state index is 0.0174. The maximum absolute atomic E-state index is 14.0. The second-order valence-corrected chi connectivity index (χ2v) is 6.06. The summed E-state index contributed by atoms with van der Waals surface area (Å²) in [7, 11) is 0. The molecule has 1 saturated heterocycles. The van der Waals surface area contributed by atoms with E-state index in [1.807, 2.05) is 12.1 Å². The van der Waals surface area contributed by atoms with Crippen molar-refractivity contribution < 1.29 is 18.0 Å². The van der Waals surface area contributed by atoms with Gasteiger partial charge < -0.3 is 9.32 Å². The van der Waals surface area contributed by atoms with Crippen LogP contribution in [0.4, 0.5) is 8.78 Å². The Bertz CT molecular complexity index is 956. The van der Waals surface area contributed by atoms with Crippen molar-refractivity contribution in [2.45, 2.75) is 25.3 Å². The molecule has 0 bridgehead atoms. The first-order valence-electron chi connectivity index (χ1n) is 7.77. The number of para-hydroxylation sites is 1. The molecule has 1 aromatic carbocycles. The molecule has 3 heterocycles. The molecular formula is C17H14F2N4O2. The molecule has 8 heteroatoms. The minimum Gasteiger partial charge on any atom is -0.423 e. The molecule has 1 amide bonds. The van der Waals surface area contributed by atoms with E-state index >= 15 is 0 Å². The molecule has 0 radical (unpaired) electrons. The topological polar surface area (TPSA) is 72.1 Å². The molecule has 25 heavy (non-hydrogen) atoms. The molecule has 4 rings (SSSR count). The molecule has 2 aromatic heterocycles. The van der Waals surface area contributed by atoms with Crippen LogP contribution in [-0.4, -0.2) is 38.5 Å². The Labute approximate surface area is 141 Å². The molecule has 0 saturated carbocycles. The molecule has 6 nitrogen and oxygen atoms in total. The number of alkyl halides is 2. The third-order valence-corrected chi connectivity index (χ3v) is 4.18. The van der Waals surface area contributed by atoms with E-state index in [-0.39, 0.29) is 17.5 Å². The van der Waals surface area contributed by atoms with Gasteiger partial charge in [-0.25, -0.2) is 13.8 Å². The number of amides is 1. The summed E-state index contributed by atoms with van der Waals surface area (Å²) in [4.78, 5) is 18.2. The van der Waals surface area contributed by atoms with E-state index in [2.05, 4.69) is 15.2 Å². The van der Waals surface area contributed by atoms with Crippen LogP contribution >= 0.6 is 0 Å². The lowest BCUT2D eigenvalue weighted by Crippen LogP contribution is -2.33. The standard InChI is InChI=1S/C17H14F2N4O2/c1-10-21-22-15(25-10)14-8-17(18,19)9-23(14)16(24)13-7-6-11-4-2-3-5-12(11)20-13/h2-7,14H,8-9H2,1H3/t14-/m0/s1. The fraction of sp³-hybridized carbons (Fsp3) is 0.294. The second-order valence-electron chi connectivity index (χ2n) is 6.06. The van der Waals surface area contributed by atoms with Crippen LogP contribution in [0.1, 0.15) is 34.7 Å². The molecule has 0 unspecified atom stereocenters. The van der Waals surface area contributed by atoms with Crippen molar-refractivity contribution in [3.05, 3.63) is 53.9 Å². The Hall–Kier alpha value is -2.90. The van der Waals surface area contributed by atoms with Gasteiger partial charge in [0.2, 0.25) is 11.8 Å². The largest absolute Gasteiger partial charge is 0.423 e. The van der Waals surface area contributed by atoms with E-state index in [1.165, 1.54) is 6.07 Å². The number of halogens is 2. The Kier molecular flexibility index (Phi) is 3.48. The van der Waals surface area contributed by atoms with Crippen LogP contribution in [0.15, 0.2) is 40.8 Å². The Balaban J connectivity index is 1.70. The van der Waals surface area contributed by atoms with E-state index in [1.54, 1.807) is 25.1 Å². The monoisotopic (exact) mass is 344 g/mol. The number of hydrogen-bond donors (Lipinski definition) is 0. The molecule has 128 valence electrons. The predicted octanol–water partition coefficient (Wildman–Crippen LogP) is 3.15. The lowest BCUT2D eigenvalue weighted by molar-refractivity contribution is 0.0116. The van der Waals surface area contributed by atoms with Crippen molar-refractivity contribution in [2.75, 3.05) is 6.54 Å². The quantitative estimate of drug-likeness (QED) is 0.714. The third-order valence-electron chi connectivity index (χ3n) is 4.18. The van der Waals surface area contributed by atoms with Gasteiger partial charge in [0.15, 0.2) is 0 Å². The summed E-state index contributed by atoms with van der Waals surface area (Å²) in [6.07, 6.45) is -0.548. The highest BCUT2D eigenvalue weighted by molar-refractivity contribution is 5.95. The van der Waals surface area contributed by atoms with Gasteiger partial charge in [0.25, 0.3) is 11.8 Å². The first-order valence-corrected chi connectivity index (χ1v) is 7.77. The van der Waals surface area contributed by atoms with Crippen molar-refractivity contribution in [1.82, 2.24) is 20.1 Å². The fourth-order valence-corrected chi connectivity index (χ4v) is 3.03. The number of carbonyl (C=O) groups is 1. The van der Waals surface area contributed by atoms with Gasteiger partial charge in [0.05, 0.1) is 12.1 Å². The van der Waals surface area contributed by atoms with Gasteiger partial charge in [-0.1, -0.05) is 24.3 Å². The van der Waals surface area contributed by atoms with Gasteiger partial charge in [-0.15, -0.1) is 10.2 Å². The van der Waals surface area contributed by atoms with E-state index in [0.29, 0.717) is 5.52 Å². The third kappa shape index (κ3) is 2.84. The molecule has 1 aliphatic heterocycles. The van der Waals surface area contributed by atoms with Gasteiger partial charge in [0.1, 0.15) is 11.7 Å². The van der Waals surface area contributed by atoms with Crippen molar-refractivity contribution in [3.63, 3.8) is 0 Å². The summed E-state index contributed by atoms with van der Waals surface area (Å²) in [6, 6.07) is 9.62. The second kappa shape index (κ2) is 5.58. The number of aromatic nitrogens is 3.